The predicted molar refractivity (Wildman–Crippen MR) is 117 cm³/mol. The van der Waals surface area contributed by atoms with E-state index in [9.17, 15) is 9.59 Å². The number of nitrogens with one attached hydrogen (secondary N) is 1. The Morgan fingerprint density at radius 1 is 1.03 bits per heavy atom. The first kappa shape index (κ1) is 22.5. The van der Waals surface area contributed by atoms with Crippen molar-refractivity contribution in [3.05, 3.63) is 53.6 Å². The van der Waals surface area contributed by atoms with Crippen molar-refractivity contribution in [2.24, 2.45) is 0 Å². The standard InChI is InChI=1S/C24H30N2O5/c1-24(23(28)25-16-17-8-6-5-7-9-17)14-12-20(27)26(24)15-13-18-10-11-19(29-2)22(31-4)21(18)30-3/h5-11H,12-16H2,1-4H3,(H,25,28)/t24-/m0/s1. The lowest BCUT2D eigenvalue weighted by Crippen LogP contribution is -2.54. The van der Waals surface area contributed by atoms with Crippen LogP contribution >= 0.6 is 0 Å². The van der Waals surface area contributed by atoms with Crippen molar-refractivity contribution in [3.63, 3.8) is 0 Å². The van der Waals surface area contributed by atoms with Gasteiger partial charge in [0, 0.05) is 25.1 Å². The molecule has 0 aromatic heterocycles. The molecule has 0 unspecified atom stereocenters. The zero-order valence-electron chi connectivity index (χ0n) is 18.6. The van der Waals surface area contributed by atoms with Gasteiger partial charge in [0.15, 0.2) is 11.5 Å². The molecule has 7 nitrogen and oxygen atoms in total. The lowest BCUT2D eigenvalue weighted by Gasteiger charge is -2.34. The quantitative estimate of drug-likeness (QED) is 0.667. The monoisotopic (exact) mass is 426 g/mol. The fraction of sp³-hybridized carbons (Fsp3) is 0.417. The molecule has 1 atom stereocenters. The van der Waals surface area contributed by atoms with Crippen LogP contribution in [-0.2, 0) is 22.6 Å². The summed E-state index contributed by atoms with van der Waals surface area (Å²) in [6, 6.07) is 13.4. The zero-order chi connectivity index (χ0) is 22.4. The highest BCUT2D eigenvalue weighted by atomic mass is 16.5. The third kappa shape index (κ3) is 4.60. The maximum atomic E-state index is 13.0. The van der Waals surface area contributed by atoms with E-state index in [1.807, 2.05) is 49.4 Å². The van der Waals surface area contributed by atoms with Gasteiger partial charge >= 0.3 is 0 Å². The van der Waals surface area contributed by atoms with Gasteiger partial charge in [-0.2, -0.15) is 0 Å². The van der Waals surface area contributed by atoms with E-state index < -0.39 is 5.54 Å². The molecule has 2 aromatic carbocycles. The third-order valence-electron chi connectivity index (χ3n) is 5.90. The molecule has 2 amide bonds. The van der Waals surface area contributed by atoms with Crippen molar-refractivity contribution < 1.29 is 23.8 Å². The van der Waals surface area contributed by atoms with Crippen LogP contribution in [0.4, 0.5) is 0 Å². The van der Waals surface area contributed by atoms with Crippen molar-refractivity contribution in [1.82, 2.24) is 10.2 Å². The molecule has 0 radical (unpaired) electrons. The summed E-state index contributed by atoms with van der Waals surface area (Å²) >= 11 is 0. The van der Waals surface area contributed by atoms with Gasteiger partial charge in [-0.05, 0) is 31.4 Å². The Morgan fingerprint density at radius 2 is 1.74 bits per heavy atom. The molecule has 1 heterocycles. The number of benzene rings is 2. The van der Waals surface area contributed by atoms with Gasteiger partial charge in [-0.1, -0.05) is 36.4 Å². The highest BCUT2D eigenvalue weighted by Crippen LogP contribution is 2.40. The summed E-state index contributed by atoms with van der Waals surface area (Å²) in [7, 11) is 4.70. The number of nitrogens with zero attached hydrogens (tertiary/aromatic N) is 1. The largest absolute Gasteiger partial charge is 0.493 e. The fourth-order valence-corrected chi connectivity index (χ4v) is 4.06. The molecule has 2 aromatic rings. The second-order valence-corrected chi connectivity index (χ2v) is 7.73. The average molecular weight is 427 g/mol. The minimum absolute atomic E-state index is 0.0168. The number of carbonyl (C=O) groups is 2. The zero-order valence-corrected chi connectivity index (χ0v) is 18.6. The highest BCUT2D eigenvalue weighted by Gasteiger charge is 2.46. The third-order valence-corrected chi connectivity index (χ3v) is 5.90. The molecule has 0 bridgehead atoms. The Labute approximate surface area is 183 Å². The second-order valence-electron chi connectivity index (χ2n) is 7.73. The van der Waals surface area contributed by atoms with Crippen molar-refractivity contribution in [1.29, 1.82) is 0 Å². The van der Waals surface area contributed by atoms with Gasteiger partial charge in [0.25, 0.3) is 0 Å². The summed E-state index contributed by atoms with van der Waals surface area (Å²) in [5, 5.41) is 2.99. The van der Waals surface area contributed by atoms with E-state index in [0.29, 0.717) is 49.6 Å². The number of carbonyl (C=O) groups excluding carboxylic acids is 2. The maximum Gasteiger partial charge on any atom is 0.245 e. The van der Waals surface area contributed by atoms with Crippen LogP contribution < -0.4 is 19.5 Å². The Hall–Kier alpha value is -3.22. The van der Waals surface area contributed by atoms with E-state index in [2.05, 4.69) is 5.32 Å². The summed E-state index contributed by atoms with van der Waals surface area (Å²) in [5.74, 6) is 1.51. The lowest BCUT2D eigenvalue weighted by atomic mass is 9.96. The first-order chi connectivity index (χ1) is 14.9. The van der Waals surface area contributed by atoms with E-state index >= 15 is 0 Å². The number of amides is 2. The molecule has 0 saturated carbocycles. The molecule has 0 aliphatic carbocycles. The minimum atomic E-state index is -0.879. The van der Waals surface area contributed by atoms with Crippen molar-refractivity contribution in [3.8, 4) is 17.2 Å². The summed E-state index contributed by atoms with van der Waals surface area (Å²) in [5.41, 5.74) is 1.02. The molecular formula is C24H30N2O5. The van der Waals surface area contributed by atoms with Gasteiger partial charge < -0.3 is 24.4 Å². The molecule has 166 valence electrons. The van der Waals surface area contributed by atoms with Crippen LogP contribution in [0.2, 0.25) is 0 Å². The first-order valence-electron chi connectivity index (χ1n) is 10.3. The van der Waals surface area contributed by atoms with Crippen molar-refractivity contribution in [2.45, 2.75) is 38.3 Å². The van der Waals surface area contributed by atoms with Crippen LogP contribution in [-0.4, -0.2) is 50.1 Å². The molecule has 7 heteroatoms. The van der Waals surface area contributed by atoms with Gasteiger partial charge in [-0.25, -0.2) is 0 Å². The van der Waals surface area contributed by atoms with E-state index in [1.165, 1.54) is 0 Å². The lowest BCUT2D eigenvalue weighted by molar-refractivity contribution is -0.140. The van der Waals surface area contributed by atoms with Crippen molar-refractivity contribution in [2.75, 3.05) is 27.9 Å². The molecule has 1 N–H and O–H groups in total. The number of likely N-dealkylation sites (tertiary alicyclic amines) is 1. The molecule has 1 fully saturated rings. The van der Waals surface area contributed by atoms with Crippen molar-refractivity contribution >= 4 is 11.8 Å². The smallest absolute Gasteiger partial charge is 0.245 e. The van der Waals surface area contributed by atoms with Gasteiger partial charge in [0.05, 0.1) is 21.3 Å². The van der Waals surface area contributed by atoms with Gasteiger partial charge in [-0.15, -0.1) is 0 Å². The van der Waals surface area contributed by atoms with E-state index in [1.54, 1.807) is 26.2 Å². The Bertz CT molecular complexity index is 931. The molecular weight excluding hydrogens is 396 g/mol. The maximum absolute atomic E-state index is 13.0. The second kappa shape index (κ2) is 9.73. The van der Waals surface area contributed by atoms with Crippen LogP contribution in [0, 0.1) is 0 Å². The first-order valence-corrected chi connectivity index (χ1v) is 10.3. The van der Waals surface area contributed by atoms with Crippen LogP contribution in [0.3, 0.4) is 0 Å². The molecule has 3 rings (SSSR count). The number of ether oxygens (including phenoxy) is 3. The number of hydrogen-bond acceptors (Lipinski definition) is 5. The number of rotatable bonds is 9. The minimum Gasteiger partial charge on any atom is -0.493 e. The molecule has 31 heavy (non-hydrogen) atoms. The number of methoxy groups -OCH3 is 3. The van der Waals surface area contributed by atoms with Crippen LogP contribution in [0.5, 0.6) is 17.2 Å². The summed E-state index contributed by atoms with van der Waals surface area (Å²) < 4.78 is 16.3. The normalized spacial score (nSPS) is 18.1. The fourth-order valence-electron chi connectivity index (χ4n) is 4.06. The topological polar surface area (TPSA) is 77.1 Å². The predicted octanol–water partition coefficient (Wildman–Crippen LogP) is 2.95. The highest BCUT2D eigenvalue weighted by molar-refractivity contribution is 5.94. The molecule has 1 aliphatic heterocycles. The van der Waals surface area contributed by atoms with Gasteiger partial charge in [-0.3, -0.25) is 9.59 Å². The van der Waals surface area contributed by atoms with Crippen LogP contribution in [0.1, 0.15) is 30.9 Å². The van der Waals surface area contributed by atoms with Gasteiger partial charge in [0.1, 0.15) is 5.54 Å². The average Bonchev–Trinajstić information content (AvgIpc) is 3.10. The van der Waals surface area contributed by atoms with Crippen LogP contribution in [0.15, 0.2) is 42.5 Å². The summed E-state index contributed by atoms with van der Waals surface area (Å²) in [4.78, 5) is 27.4. The molecule has 1 saturated heterocycles. The van der Waals surface area contributed by atoms with Crippen LogP contribution in [0.25, 0.3) is 0 Å². The van der Waals surface area contributed by atoms with E-state index in [4.69, 9.17) is 14.2 Å². The molecule has 1 aliphatic rings. The Morgan fingerprint density at radius 3 is 2.39 bits per heavy atom. The Balaban J connectivity index is 1.74. The van der Waals surface area contributed by atoms with E-state index in [0.717, 1.165) is 11.1 Å². The number of hydrogen-bond donors (Lipinski definition) is 1. The molecule has 0 spiro atoms. The van der Waals surface area contributed by atoms with E-state index in [-0.39, 0.29) is 11.8 Å². The SMILES string of the molecule is COc1ccc(CCN2C(=O)CC[C@@]2(C)C(=O)NCc2ccccc2)c(OC)c1OC. The van der Waals surface area contributed by atoms with Gasteiger partial charge in [0.2, 0.25) is 17.6 Å². The Kier molecular flexibility index (Phi) is 7.05. The summed E-state index contributed by atoms with van der Waals surface area (Å²) in [6.07, 6.45) is 1.38. The summed E-state index contributed by atoms with van der Waals surface area (Å²) in [6.45, 7) is 2.67.